The van der Waals surface area contributed by atoms with E-state index in [9.17, 15) is 40.7 Å². The number of pyridine rings is 1. The van der Waals surface area contributed by atoms with Crippen molar-refractivity contribution in [3.05, 3.63) is 69.8 Å². The molecular formula is C36H40F6N8O4. The number of aromatic amines is 1. The van der Waals surface area contributed by atoms with Gasteiger partial charge in [-0.15, -0.1) is 0 Å². The number of rotatable bonds is 6. The number of halogens is 6. The first kappa shape index (κ1) is 37.5. The second kappa shape index (κ2) is 14.8. The zero-order chi connectivity index (χ0) is 38.4. The number of H-pyrrole nitrogens is 1. The van der Waals surface area contributed by atoms with E-state index in [1.807, 2.05) is 24.3 Å². The minimum Gasteiger partial charge on any atom is -0.436 e. The molecule has 12 nitrogen and oxygen atoms in total. The number of alkyl halides is 6. The highest BCUT2D eigenvalue weighted by Gasteiger charge is 2.42. The number of para-hydroxylation sites is 1. The van der Waals surface area contributed by atoms with Crippen molar-refractivity contribution in [1.29, 1.82) is 0 Å². The van der Waals surface area contributed by atoms with Crippen LogP contribution in [0.25, 0.3) is 21.9 Å². The third-order valence-corrected chi connectivity index (χ3v) is 10.8. The lowest BCUT2D eigenvalue weighted by Crippen LogP contribution is -2.54. The van der Waals surface area contributed by atoms with Crippen LogP contribution in [-0.2, 0) is 28.3 Å². The first-order valence-electron chi connectivity index (χ1n) is 17.9. The first-order chi connectivity index (χ1) is 25.7. The van der Waals surface area contributed by atoms with Gasteiger partial charge in [0.2, 0.25) is 0 Å². The normalized spacial score (nSPS) is 19.1. The summed E-state index contributed by atoms with van der Waals surface area (Å²) in [6, 6.07) is 8.20. The second-order valence-electron chi connectivity index (χ2n) is 14.1. The minimum absolute atomic E-state index is 0.110. The molecule has 54 heavy (non-hydrogen) atoms. The van der Waals surface area contributed by atoms with Gasteiger partial charge in [0.1, 0.15) is 0 Å². The van der Waals surface area contributed by atoms with Crippen molar-refractivity contribution >= 4 is 39.6 Å². The Hall–Kier alpha value is -4.84. The smallest absolute Gasteiger partial charge is 0.418 e. The average Bonchev–Trinajstić information content (AvgIpc) is 3.50. The molecule has 3 aliphatic rings. The van der Waals surface area contributed by atoms with Crippen LogP contribution in [0, 0.1) is 0 Å². The molecule has 0 bridgehead atoms. The number of benzene rings is 2. The number of hydrogen-bond donors (Lipinski definition) is 3. The summed E-state index contributed by atoms with van der Waals surface area (Å²) in [7, 11) is 0. The molecule has 2 amide bonds. The van der Waals surface area contributed by atoms with Crippen molar-refractivity contribution in [2.75, 3.05) is 58.1 Å². The molecule has 5 heterocycles. The third-order valence-electron chi connectivity index (χ3n) is 10.8. The van der Waals surface area contributed by atoms with Crippen LogP contribution in [0.5, 0.6) is 0 Å². The van der Waals surface area contributed by atoms with Gasteiger partial charge in [0.15, 0.2) is 6.10 Å². The van der Waals surface area contributed by atoms with Gasteiger partial charge < -0.3 is 30.6 Å². The Morgan fingerprint density at radius 2 is 1.46 bits per heavy atom. The number of nitrogens with one attached hydrogen (secondary N) is 2. The highest BCUT2D eigenvalue weighted by Crippen LogP contribution is 2.42. The molecule has 3 saturated heterocycles. The quantitative estimate of drug-likeness (QED) is 0.189. The number of amides is 2. The highest BCUT2D eigenvalue weighted by atomic mass is 19.4. The van der Waals surface area contributed by atoms with Gasteiger partial charge in [-0.1, -0.05) is 18.2 Å². The maximum Gasteiger partial charge on any atom is 0.418 e. The minimum atomic E-state index is -5.22. The topological polar surface area (TPSA) is 142 Å². The lowest BCUT2D eigenvalue weighted by molar-refractivity contribution is -0.142. The number of nitrogens with two attached hydrogens (primary N) is 1. The molecule has 4 aromatic rings. The van der Waals surface area contributed by atoms with Crippen LogP contribution in [-0.4, -0.2) is 106 Å². The monoisotopic (exact) mass is 762 g/mol. The Morgan fingerprint density at radius 1 is 0.870 bits per heavy atom. The zero-order valence-electron chi connectivity index (χ0n) is 29.2. The summed E-state index contributed by atoms with van der Waals surface area (Å²) in [5, 5.41) is 4.07. The molecule has 3 aliphatic heterocycles. The lowest BCUT2D eigenvalue weighted by Gasteiger charge is -2.41. The Balaban J connectivity index is 1.10. The Morgan fingerprint density at radius 3 is 2.09 bits per heavy atom. The predicted octanol–water partition coefficient (Wildman–Crippen LogP) is 4.78. The summed E-state index contributed by atoms with van der Waals surface area (Å²) < 4.78 is 90.7. The molecule has 18 heteroatoms. The van der Waals surface area contributed by atoms with Crippen molar-refractivity contribution < 1.29 is 40.7 Å². The molecule has 290 valence electrons. The van der Waals surface area contributed by atoms with Crippen molar-refractivity contribution in [3.63, 3.8) is 0 Å². The highest BCUT2D eigenvalue weighted by molar-refractivity contribution is 6.01. The predicted molar refractivity (Wildman–Crippen MR) is 187 cm³/mol. The van der Waals surface area contributed by atoms with E-state index in [4.69, 9.17) is 10.5 Å². The molecule has 0 unspecified atom stereocenters. The number of carbonyl (C=O) groups is 2. The maximum atomic E-state index is 14.0. The largest absolute Gasteiger partial charge is 0.436 e. The number of fused-ring (bicyclic) bond motifs is 3. The number of carbonyl (C=O) groups excluding carboxylic acids is 2. The number of aromatic nitrogens is 3. The molecule has 7 rings (SSSR count). The Kier molecular flexibility index (Phi) is 10.2. The van der Waals surface area contributed by atoms with Crippen molar-refractivity contribution in [2.45, 2.75) is 62.6 Å². The molecule has 2 aromatic carbocycles. The van der Waals surface area contributed by atoms with Gasteiger partial charge in [0.25, 0.3) is 5.91 Å². The molecule has 0 saturated carbocycles. The van der Waals surface area contributed by atoms with E-state index in [0.29, 0.717) is 54.4 Å². The number of hydrogen-bond acceptors (Lipinski definition) is 8. The van der Waals surface area contributed by atoms with E-state index in [0.717, 1.165) is 31.6 Å². The summed E-state index contributed by atoms with van der Waals surface area (Å²) in [4.78, 5) is 53.2. The van der Waals surface area contributed by atoms with Gasteiger partial charge in [-0.2, -0.15) is 26.3 Å². The van der Waals surface area contributed by atoms with Gasteiger partial charge in [-0.25, -0.2) is 9.59 Å². The number of anilines is 1. The van der Waals surface area contributed by atoms with Gasteiger partial charge in [-0.05, 0) is 49.4 Å². The van der Waals surface area contributed by atoms with Crippen LogP contribution in [0.2, 0.25) is 0 Å². The second-order valence-corrected chi connectivity index (χ2v) is 14.1. The fourth-order valence-corrected chi connectivity index (χ4v) is 7.98. The molecule has 2 aromatic heterocycles. The number of piperidine rings is 2. The van der Waals surface area contributed by atoms with Gasteiger partial charge in [-0.3, -0.25) is 19.2 Å². The van der Waals surface area contributed by atoms with E-state index in [1.165, 1.54) is 9.80 Å². The van der Waals surface area contributed by atoms with Crippen LogP contribution < -0.4 is 16.7 Å². The lowest BCUT2D eigenvalue weighted by atomic mass is 9.97. The number of likely N-dealkylation sites (tertiary alicyclic amines) is 2. The number of nitrogens with zero attached hydrogens (tertiary/aromatic N) is 5. The molecular weight excluding hydrogens is 722 g/mol. The maximum absolute atomic E-state index is 14.0. The summed E-state index contributed by atoms with van der Waals surface area (Å²) in [6.07, 6.45) is -10.3. The Bertz CT molecular complexity index is 2040. The summed E-state index contributed by atoms with van der Waals surface area (Å²) in [5.41, 5.74) is 1.59. The van der Waals surface area contributed by atoms with E-state index in [-0.39, 0.29) is 44.0 Å². The van der Waals surface area contributed by atoms with E-state index in [2.05, 4.69) is 20.2 Å². The Labute approximate surface area is 305 Å². The fraction of sp³-hybridized carbons (Fsp3) is 0.500. The molecule has 0 aliphatic carbocycles. The molecule has 3 fully saturated rings. The number of imidazole rings is 1. The molecule has 0 spiro atoms. The number of nitrogen functional groups attached to an aromatic ring is 1. The number of piperazine rings is 1. The molecule has 1 atom stereocenters. The van der Waals surface area contributed by atoms with Crippen LogP contribution in [0.3, 0.4) is 0 Å². The standard InChI is InChI=1S/C36H40F6N8O4/c37-35(38,39)25-17-21(18-26(30(25)43)36(40,41)42)19-29(32(51)48-11-5-22(6-12-48)47-15-9-44-10-16-47)54-34(53)49-13-7-23(8-14-49)50-28-20-45-27-4-2-1-3-24(27)31(28)46-33(50)52/h1-4,17-18,20,22-23,29,44H,5-16,19,43H2,(H,46,52)/t29-/m1/s1. The van der Waals surface area contributed by atoms with Crippen LogP contribution >= 0.6 is 0 Å². The summed E-state index contributed by atoms with van der Waals surface area (Å²) in [5.74, 6) is -0.707. The van der Waals surface area contributed by atoms with Crippen LogP contribution in [0.4, 0.5) is 36.8 Å². The van der Waals surface area contributed by atoms with Crippen molar-refractivity contribution in [2.24, 2.45) is 0 Å². The van der Waals surface area contributed by atoms with Gasteiger partial charge >= 0.3 is 24.1 Å². The van der Waals surface area contributed by atoms with Crippen molar-refractivity contribution in [3.8, 4) is 0 Å². The zero-order valence-corrected chi connectivity index (χ0v) is 29.2. The van der Waals surface area contributed by atoms with E-state index < -0.39 is 59.3 Å². The molecule has 4 N–H and O–H groups in total. The van der Waals surface area contributed by atoms with Crippen molar-refractivity contribution in [1.82, 2.24) is 34.6 Å². The number of ether oxygens (including phenoxy) is 1. The molecule has 0 radical (unpaired) electrons. The van der Waals surface area contributed by atoms with E-state index in [1.54, 1.807) is 10.8 Å². The van der Waals surface area contributed by atoms with Gasteiger partial charge in [0.05, 0.1) is 39.6 Å². The van der Waals surface area contributed by atoms with Gasteiger partial charge in [0, 0.05) is 76.2 Å². The van der Waals surface area contributed by atoms with Crippen LogP contribution in [0.15, 0.2) is 47.4 Å². The first-order valence-corrected chi connectivity index (χ1v) is 17.9. The van der Waals surface area contributed by atoms with E-state index >= 15 is 0 Å². The average molecular weight is 763 g/mol. The fourth-order valence-electron chi connectivity index (χ4n) is 7.98. The third kappa shape index (κ3) is 7.58. The summed E-state index contributed by atoms with van der Waals surface area (Å²) >= 11 is 0. The van der Waals surface area contributed by atoms with Crippen LogP contribution in [0.1, 0.15) is 48.4 Å². The SMILES string of the molecule is Nc1c(C(F)(F)F)cc(C[C@@H](OC(=O)N2CCC(n3c(=O)[nH]c4c5ccccc5ncc43)CC2)C(=O)N2CCC(N3CCNCC3)CC2)cc1C(F)(F)F. The summed E-state index contributed by atoms with van der Waals surface area (Å²) in [6.45, 7) is 4.14.